The van der Waals surface area contributed by atoms with E-state index in [0.717, 1.165) is 45.5 Å². The van der Waals surface area contributed by atoms with Crippen LogP contribution in [0, 0.1) is 0 Å². The molecule has 2 aromatic carbocycles. The number of aliphatic carboxylic acids is 1. The zero-order valence-electron chi connectivity index (χ0n) is 15.7. The van der Waals surface area contributed by atoms with Gasteiger partial charge in [0.2, 0.25) is 0 Å². The normalized spacial score (nSPS) is 15.0. The molecule has 0 unspecified atom stereocenters. The fourth-order valence-corrected chi connectivity index (χ4v) is 4.56. The molecule has 0 bridgehead atoms. The molecular weight excluding hydrogens is 372 g/mol. The zero-order valence-corrected chi connectivity index (χ0v) is 16.5. The van der Waals surface area contributed by atoms with Crippen molar-refractivity contribution < 1.29 is 14.6 Å². The maximum Gasteiger partial charge on any atom is 0.303 e. The maximum atomic E-state index is 11.0. The minimum atomic E-state index is -0.786. The van der Waals surface area contributed by atoms with Crippen molar-refractivity contribution in [2.24, 2.45) is 0 Å². The van der Waals surface area contributed by atoms with Crippen molar-refractivity contribution >= 4 is 32.7 Å². The molecule has 1 aliphatic carbocycles. The topological polar surface area (TPSA) is 85.4 Å². The van der Waals surface area contributed by atoms with Crippen molar-refractivity contribution in [2.45, 2.75) is 51.0 Å². The van der Waals surface area contributed by atoms with Crippen LogP contribution in [0.25, 0.3) is 21.3 Å². The van der Waals surface area contributed by atoms with Crippen LogP contribution in [0.15, 0.2) is 36.4 Å². The Morgan fingerprint density at radius 3 is 2.79 bits per heavy atom. The van der Waals surface area contributed by atoms with Crippen LogP contribution < -0.4 is 10.5 Å². The summed E-state index contributed by atoms with van der Waals surface area (Å²) >= 11 is 1.47. The van der Waals surface area contributed by atoms with Crippen LogP contribution in [0.1, 0.15) is 44.1 Å². The summed E-state index contributed by atoms with van der Waals surface area (Å²) < 4.78 is 7.42. The fourth-order valence-electron chi connectivity index (χ4n) is 3.78. The van der Waals surface area contributed by atoms with Gasteiger partial charge in [-0.15, -0.1) is 0 Å². The highest BCUT2D eigenvalue weighted by Gasteiger charge is 2.18. The van der Waals surface area contributed by atoms with Crippen LogP contribution in [0.4, 0.5) is 5.13 Å². The number of thiazole rings is 1. The summed E-state index contributed by atoms with van der Waals surface area (Å²) in [5, 5.41) is 9.57. The second-order valence-electron chi connectivity index (χ2n) is 7.34. The standard InChI is InChI=1S/C22H24N2O3S/c23-22-24-18-9-8-15(13-20(18)28-22)17-12-14(7-11-21(25)26)6-10-19(17)27-16-4-2-1-3-5-16/h6,8-10,12-13,16H,1-5,7,11H2,(H2,23,24)(H,25,26). The third-order valence-electron chi connectivity index (χ3n) is 5.23. The quantitative estimate of drug-likeness (QED) is 0.592. The van der Waals surface area contributed by atoms with Crippen LogP contribution >= 0.6 is 11.3 Å². The van der Waals surface area contributed by atoms with Gasteiger partial charge in [0.25, 0.3) is 0 Å². The number of aromatic nitrogens is 1. The van der Waals surface area contributed by atoms with E-state index in [2.05, 4.69) is 17.1 Å². The smallest absolute Gasteiger partial charge is 0.303 e. The Morgan fingerprint density at radius 2 is 2.00 bits per heavy atom. The Hall–Kier alpha value is -2.60. The van der Waals surface area contributed by atoms with E-state index in [1.807, 2.05) is 24.3 Å². The summed E-state index contributed by atoms with van der Waals surface area (Å²) in [6.45, 7) is 0. The summed E-state index contributed by atoms with van der Waals surface area (Å²) in [6, 6.07) is 12.1. The Morgan fingerprint density at radius 1 is 1.18 bits per heavy atom. The number of aryl methyl sites for hydroxylation is 1. The fraction of sp³-hybridized carbons (Fsp3) is 0.364. The van der Waals surface area contributed by atoms with Gasteiger partial charge in [0.05, 0.1) is 16.3 Å². The lowest BCUT2D eigenvalue weighted by atomic mass is 9.96. The van der Waals surface area contributed by atoms with Gasteiger partial charge in [-0.2, -0.15) is 0 Å². The Bertz CT molecular complexity index is 993. The number of nitrogens with zero attached hydrogens (tertiary/aromatic N) is 1. The average molecular weight is 397 g/mol. The van der Waals surface area contributed by atoms with E-state index < -0.39 is 5.97 Å². The lowest BCUT2D eigenvalue weighted by Gasteiger charge is -2.24. The van der Waals surface area contributed by atoms with Gasteiger partial charge in [-0.1, -0.05) is 29.9 Å². The molecule has 1 saturated carbocycles. The van der Waals surface area contributed by atoms with Gasteiger partial charge >= 0.3 is 5.97 Å². The van der Waals surface area contributed by atoms with Crippen molar-refractivity contribution in [3.05, 3.63) is 42.0 Å². The second-order valence-corrected chi connectivity index (χ2v) is 8.40. The van der Waals surface area contributed by atoms with Gasteiger partial charge in [0.15, 0.2) is 5.13 Å². The van der Waals surface area contributed by atoms with Crippen molar-refractivity contribution in [1.29, 1.82) is 0 Å². The van der Waals surface area contributed by atoms with Crippen molar-refractivity contribution in [1.82, 2.24) is 4.98 Å². The van der Waals surface area contributed by atoms with E-state index in [1.165, 1.54) is 30.6 Å². The first-order valence-electron chi connectivity index (χ1n) is 9.76. The number of ether oxygens (including phenoxy) is 1. The minimum absolute atomic E-state index is 0.118. The number of nitrogens with two attached hydrogens (primary N) is 1. The molecule has 1 aromatic heterocycles. The first-order chi connectivity index (χ1) is 13.6. The van der Waals surface area contributed by atoms with Gasteiger partial charge < -0.3 is 15.6 Å². The minimum Gasteiger partial charge on any atom is -0.490 e. The predicted octanol–water partition coefficient (Wildman–Crippen LogP) is 5.27. The average Bonchev–Trinajstić information content (AvgIpc) is 3.07. The largest absolute Gasteiger partial charge is 0.490 e. The molecule has 28 heavy (non-hydrogen) atoms. The number of hydrogen-bond acceptors (Lipinski definition) is 5. The Kier molecular flexibility index (Phi) is 5.48. The molecule has 4 rings (SSSR count). The molecular formula is C22H24N2O3S. The molecule has 1 heterocycles. The first kappa shape index (κ1) is 18.7. The predicted molar refractivity (Wildman–Crippen MR) is 113 cm³/mol. The molecule has 6 heteroatoms. The summed E-state index contributed by atoms with van der Waals surface area (Å²) in [5.74, 6) is 0.0773. The monoisotopic (exact) mass is 396 g/mol. The Labute approximate surface area is 168 Å². The molecule has 146 valence electrons. The van der Waals surface area contributed by atoms with Crippen molar-refractivity contribution in [3.8, 4) is 16.9 Å². The molecule has 3 N–H and O–H groups in total. The molecule has 0 spiro atoms. The van der Waals surface area contributed by atoms with Crippen LogP contribution in [0.2, 0.25) is 0 Å². The summed E-state index contributed by atoms with van der Waals surface area (Å²) in [6.07, 6.45) is 6.75. The number of hydrogen-bond donors (Lipinski definition) is 2. The molecule has 0 amide bonds. The molecule has 0 aliphatic heterocycles. The summed E-state index contributed by atoms with van der Waals surface area (Å²) in [5.41, 5.74) is 9.78. The molecule has 1 aliphatic rings. The number of carboxylic acid groups (broad SMARTS) is 1. The highest BCUT2D eigenvalue weighted by molar-refractivity contribution is 7.22. The Balaban J connectivity index is 1.70. The van der Waals surface area contributed by atoms with Crippen LogP contribution in [-0.2, 0) is 11.2 Å². The zero-order chi connectivity index (χ0) is 19.5. The number of carbonyl (C=O) groups is 1. The molecule has 5 nitrogen and oxygen atoms in total. The SMILES string of the molecule is Nc1nc2ccc(-c3cc(CCC(=O)O)ccc3OC3CCCCC3)cc2s1. The lowest BCUT2D eigenvalue weighted by molar-refractivity contribution is -0.136. The molecule has 0 radical (unpaired) electrons. The van der Waals surface area contributed by atoms with Crippen LogP contribution in [0.5, 0.6) is 5.75 Å². The lowest BCUT2D eigenvalue weighted by Crippen LogP contribution is -2.20. The van der Waals surface area contributed by atoms with E-state index in [-0.39, 0.29) is 12.5 Å². The van der Waals surface area contributed by atoms with Crippen molar-refractivity contribution in [3.63, 3.8) is 0 Å². The summed E-state index contributed by atoms with van der Waals surface area (Å²) in [7, 11) is 0. The van der Waals surface area contributed by atoms with Crippen molar-refractivity contribution in [2.75, 3.05) is 5.73 Å². The highest BCUT2D eigenvalue weighted by Crippen LogP contribution is 2.36. The van der Waals surface area contributed by atoms with Gasteiger partial charge in [-0.05, 0) is 67.5 Å². The van der Waals surface area contributed by atoms with Gasteiger partial charge in [-0.25, -0.2) is 4.98 Å². The first-order valence-corrected chi connectivity index (χ1v) is 10.6. The second kappa shape index (κ2) is 8.19. The van der Waals surface area contributed by atoms with E-state index >= 15 is 0 Å². The number of fused-ring (bicyclic) bond motifs is 1. The molecule has 1 fully saturated rings. The van der Waals surface area contributed by atoms with E-state index in [9.17, 15) is 4.79 Å². The molecule has 0 saturated heterocycles. The molecule has 3 aromatic rings. The third kappa shape index (κ3) is 4.28. The number of benzene rings is 2. The van der Waals surface area contributed by atoms with Gasteiger partial charge in [0.1, 0.15) is 5.75 Å². The number of carboxylic acids is 1. The van der Waals surface area contributed by atoms with E-state index in [4.69, 9.17) is 15.6 Å². The van der Waals surface area contributed by atoms with Crippen LogP contribution in [0.3, 0.4) is 0 Å². The third-order valence-corrected chi connectivity index (χ3v) is 6.08. The number of anilines is 1. The summed E-state index contributed by atoms with van der Waals surface area (Å²) in [4.78, 5) is 15.3. The maximum absolute atomic E-state index is 11.0. The number of nitrogen functional groups attached to an aromatic ring is 1. The number of rotatable bonds is 6. The molecule has 0 atom stereocenters. The highest BCUT2D eigenvalue weighted by atomic mass is 32.1. The van der Waals surface area contributed by atoms with Gasteiger partial charge in [-0.3, -0.25) is 4.79 Å². The van der Waals surface area contributed by atoms with E-state index in [0.29, 0.717) is 11.6 Å². The van der Waals surface area contributed by atoms with Gasteiger partial charge in [0, 0.05) is 12.0 Å². The van der Waals surface area contributed by atoms with Crippen LogP contribution in [-0.4, -0.2) is 22.2 Å². The van der Waals surface area contributed by atoms with E-state index in [1.54, 1.807) is 0 Å².